The van der Waals surface area contributed by atoms with E-state index in [4.69, 9.17) is 0 Å². The predicted molar refractivity (Wildman–Crippen MR) is 50.0 cm³/mol. The van der Waals surface area contributed by atoms with Gasteiger partial charge in [-0.25, -0.2) is 13.4 Å². The molecule has 0 N–H and O–H groups in total. The molecule has 0 aromatic carbocycles. The van der Waals surface area contributed by atoms with Crippen LogP contribution in [0.25, 0.3) is 0 Å². The minimum absolute atomic E-state index is 0.00944. The fourth-order valence-corrected chi connectivity index (χ4v) is 2.71. The van der Waals surface area contributed by atoms with Crippen molar-refractivity contribution in [2.45, 2.75) is 18.2 Å². The zero-order valence-electron chi connectivity index (χ0n) is 7.49. The maximum atomic E-state index is 11.1. The summed E-state index contributed by atoms with van der Waals surface area (Å²) in [5, 5.41) is 0. The number of aryl methyl sites for hydroxylation is 1. The van der Waals surface area contributed by atoms with E-state index in [-0.39, 0.29) is 10.1 Å². The van der Waals surface area contributed by atoms with Gasteiger partial charge in [0, 0.05) is 13.2 Å². The molecule has 4 nitrogen and oxygen atoms in total. The molecule has 1 heterocycles. The van der Waals surface area contributed by atoms with Crippen molar-refractivity contribution >= 4 is 27.0 Å². The van der Waals surface area contributed by atoms with Crippen molar-refractivity contribution in [1.82, 2.24) is 4.98 Å². The van der Waals surface area contributed by atoms with Crippen LogP contribution in [0.3, 0.4) is 0 Å². The van der Waals surface area contributed by atoms with Crippen molar-refractivity contribution in [3.8, 4) is 0 Å². The Morgan fingerprint density at radius 2 is 2.00 bits per heavy atom. The quantitative estimate of drug-likeness (QED) is 0.698. The highest BCUT2D eigenvalue weighted by atomic mass is 32.2. The SMILES string of the molecule is CC(=O)c1sc(S(C)(=O)=O)nc1C. The van der Waals surface area contributed by atoms with E-state index in [2.05, 4.69) is 4.98 Å². The average molecular weight is 219 g/mol. The predicted octanol–water partition coefficient (Wildman–Crippen LogP) is 1.06. The third-order valence-electron chi connectivity index (χ3n) is 1.41. The Morgan fingerprint density at radius 3 is 2.23 bits per heavy atom. The van der Waals surface area contributed by atoms with Gasteiger partial charge in [0.25, 0.3) is 0 Å². The van der Waals surface area contributed by atoms with Gasteiger partial charge in [-0.2, -0.15) is 0 Å². The second kappa shape index (κ2) is 3.19. The Morgan fingerprint density at radius 1 is 1.46 bits per heavy atom. The molecule has 0 saturated heterocycles. The number of thiazole rings is 1. The van der Waals surface area contributed by atoms with E-state index >= 15 is 0 Å². The smallest absolute Gasteiger partial charge is 0.209 e. The number of nitrogens with zero attached hydrogens (tertiary/aromatic N) is 1. The number of Topliss-reactive ketones (excluding diaryl/α,β-unsaturated/α-hetero) is 1. The summed E-state index contributed by atoms with van der Waals surface area (Å²) in [6.07, 6.45) is 1.08. The van der Waals surface area contributed by atoms with Crippen molar-refractivity contribution in [2.24, 2.45) is 0 Å². The first-order valence-corrected chi connectivity index (χ1v) is 6.21. The molecule has 0 spiro atoms. The number of hydrogen-bond acceptors (Lipinski definition) is 5. The van der Waals surface area contributed by atoms with Crippen LogP contribution in [-0.2, 0) is 9.84 Å². The Bertz CT molecular complexity index is 444. The Labute approximate surface area is 80.5 Å². The minimum Gasteiger partial charge on any atom is -0.294 e. The van der Waals surface area contributed by atoms with E-state index < -0.39 is 9.84 Å². The van der Waals surface area contributed by atoms with Crippen LogP contribution in [0.15, 0.2) is 4.34 Å². The highest BCUT2D eigenvalue weighted by molar-refractivity contribution is 7.92. The van der Waals surface area contributed by atoms with E-state index in [0.717, 1.165) is 17.6 Å². The molecule has 1 aromatic heterocycles. The Kier molecular flexibility index (Phi) is 2.53. The van der Waals surface area contributed by atoms with Crippen molar-refractivity contribution in [1.29, 1.82) is 0 Å². The lowest BCUT2D eigenvalue weighted by atomic mass is 10.3. The van der Waals surface area contributed by atoms with Gasteiger partial charge in [0.15, 0.2) is 5.78 Å². The maximum absolute atomic E-state index is 11.1. The lowest BCUT2D eigenvalue weighted by Gasteiger charge is -1.86. The van der Waals surface area contributed by atoms with Crippen LogP contribution in [0.5, 0.6) is 0 Å². The third kappa shape index (κ3) is 2.13. The van der Waals surface area contributed by atoms with Gasteiger partial charge in [0.05, 0.1) is 10.6 Å². The number of carbonyl (C=O) groups excluding carboxylic acids is 1. The average Bonchev–Trinajstić information content (AvgIpc) is 2.29. The monoisotopic (exact) mass is 219 g/mol. The zero-order chi connectivity index (χ0) is 10.2. The van der Waals surface area contributed by atoms with Gasteiger partial charge in [-0.05, 0) is 6.92 Å². The lowest BCUT2D eigenvalue weighted by Crippen LogP contribution is -1.95. The van der Waals surface area contributed by atoms with Crippen molar-refractivity contribution in [3.63, 3.8) is 0 Å². The summed E-state index contributed by atoms with van der Waals surface area (Å²) >= 11 is 0.926. The third-order valence-corrected chi connectivity index (χ3v) is 4.35. The summed E-state index contributed by atoms with van der Waals surface area (Å²) in [5.41, 5.74) is 0.484. The van der Waals surface area contributed by atoms with Crippen LogP contribution in [0.1, 0.15) is 22.3 Å². The van der Waals surface area contributed by atoms with Crippen LogP contribution in [0.2, 0.25) is 0 Å². The number of ketones is 1. The number of rotatable bonds is 2. The molecule has 0 atom stereocenters. The molecule has 6 heteroatoms. The topological polar surface area (TPSA) is 64.1 Å². The maximum Gasteiger partial charge on any atom is 0.209 e. The first kappa shape index (κ1) is 10.3. The van der Waals surface area contributed by atoms with Crippen molar-refractivity contribution in [3.05, 3.63) is 10.6 Å². The molecular formula is C7H9NO3S2. The molecule has 1 rings (SSSR count). The van der Waals surface area contributed by atoms with Crippen LogP contribution >= 0.6 is 11.3 Å². The van der Waals surface area contributed by atoms with Gasteiger partial charge in [0.2, 0.25) is 14.2 Å². The standard InChI is InChI=1S/C7H9NO3S2/c1-4-6(5(2)9)12-7(8-4)13(3,10)11/h1-3H3. The summed E-state index contributed by atoms with van der Waals surface area (Å²) in [5.74, 6) is -0.148. The van der Waals surface area contributed by atoms with E-state index in [9.17, 15) is 13.2 Å². The van der Waals surface area contributed by atoms with Crippen molar-refractivity contribution in [2.75, 3.05) is 6.26 Å². The van der Waals surface area contributed by atoms with Gasteiger partial charge >= 0.3 is 0 Å². The van der Waals surface area contributed by atoms with Crippen LogP contribution in [-0.4, -0.2) is 25.4 Å². The molecule has 0 aliphatic rings. The number of aromatic nitrogens is 1. The van der Waals surface area contributed by atoms with Gasteiger partial charge in [-0.1, -0.05) is 11.3 Å². The molecule has 13 heavy (non-hydrogen) atoms. The summed E-state index contributed by atoms with van der Waals surface area (Å²) in [7, 11) is -3.28. The summed E-state index contributed by atoms with van der Waals surface area (Å²) < 4.78 is 22.1. The first-order valence-electron chi connectivity index (χ1n) is 3.51. The second-order valence-electron chi connectivity index (χ2n) is 2.72. The molecular weight excluding hydrogens is 210 g/mol. The van der Waals surface area contributed by atoms with E-state index in [1.165, 1.54) is 6.92 Å². The van der Waals surface area contributed by atoms with Crippen LogP contribution < -0.4 is 0 Å². The van der Waals surface area contributed by atoms with Gasteiger partial charge < -0.3 is 0 Å². The van der Waals surface area contributed by atoms with Crippen LogP contribution in [0, 0.1) is 6.92 Å². The van der Waals surface area contributed by atoms with E-state index in [1.807, 2.05) is 0 Å². The molecule has 0 bridgehead atoms. The molecule has 0 radical (unpaired) electrons. The molecule has 0 aliphatic heterocycles. The molecule has 0 saturated carbocycles. The highest BCUT2D eigenvalue weighted by Crippen LogP contribution is 2.22. The molecule has 0 aliphatic carbocycles. The van der Waals surface area contributed by atoms with E-state index in [0.29, 0.717) is 10.6 Å². The number of hydrogen-bond donors (Lipinski definition) is 0. The molecule has 0 fully saturated rings. The van der Waals surface area contributed by atoms with Gasteiger partial charge in [-0.3, -0.25) is 4.79 Å². The zero-order valence-corrected chi connectivity index (χ0v) is 9.12. The number of carbonyl (C=O) groups is 1. The summed E-state index contributed by atoms with van der Waals surface area (Å²) in [4.78, 5) is 15.2. The highest BCUT2D eigenvalue weighted by Gasteiger charge is 2.17. The number of sulfone groups is 1. The lowest BCUT2D eigenvalue weighted by molar-refractivity contribution is 0.102. The van der Waals surface area contributed by atoms with Gasteiger partial charge in [-0.15, -0.1) is 0 Å². The fourth-order valence-electron chi connectivity index (χ4n) is 0.857. The molecule has 0 unspecified atom stereocenters. The van der Waals surface area contributed by atoms with Crippen LogP contribution in [0.4, 0.5) is 0 Å². The normalized spacial score (nSPS) is 11.6. The summed E-state index contributed by atoms with van der Waals surface area (Å²) in [6, 6.07) is 0. The Hall–Kier alpha value is -0.750. The summed E-state index contributed by atoms with van der Waals surface area (Å²) in [6.45, 7) is 3.02. The molecule has 72 valence electrons. The fraction of sp³-hybridized carbons (Fsp3) is 0.429. The second-order valence-corrected chi connectivity index (χ2v) is 5.91. The molecule has 1 aromatic rings. The van der Waals surface area contributed by atoms with E-state index in [1.54, 1.807) is 6.92 Å². The Balaban J connectivity index is 3.33. The van der Waals surface area contributed by atoms with Gasteiger partial charge in [0.1, 0.15) is 0 Å². The first-order chi connectivity index (χ1) is 5.82. The minimum atomic E-state index is -3.28. The largest absolute Gasteiger partial charge is 0.294 e. The van der Waals surface area contributed by atoms with Crippen molar-refractivity contribution < 1.29 is 13.2 Å². The molecule has 0 amide bonds.